The van der Waals surface area contributed by atoms with Crippen LogP contribution >= 0.6 is 0 Å². The summed E-state index contributed by atoms with van der Waals surface area (Å²) in [5.74, 6) is 0.395. The molecule has 140 valence electrons. The maximum atomic E-state index is 13.4. The van der Waals surface area contributed by atoms with Crippen LogP contribution in [0.25, 0.3) is 0 Å². The molecule has 0 saturated heterocycles. The zero-order valence-electron chi connectivity index (χ0n) is 14.1. The highest BCUT2D eigenvalue weighted by molar-refractivity contribution is 5.56. The maximum absolute atomic E-state index is 13.4. The van der Waals surface area contributed by atoms with Gasteiger partial charge in [-0.1, -0.05) is 6.07 Å². The van der Waals surface area contributed by atoms with E-state index in [1.807, 2.05) is 0 Å². The Morgan fingerprint density at radius 2 is 2.08 bits per heavy atom. The van der Waals surface area contributed by atoms with E-state index in [0.29, 0.717) is 12.2 Å². The summed E-state index contributed by atoms with van der Waals surface area (Å²) in [4.78, 5) is 14.2. The molecule has 0 aliphatic heterocycles. The highest BCUT2D eigenvalue weighted by Crippen LogP contribution is 2.36. The molecular weight excluding hydrogens is 351 g/mol. The number of pyridine rings is 1. The van der Waals surface area contributed by atoms with Crippen LogP contribution in [-0.2, 0) is 17.6 Å². The van der Waals surface area contributed by atoms with Gasteiger partial charge in [-0.05, 0) is 30.7 Å². The summed E-state index contributed by atoms with van der Waals surface area (Å²) >= 11 is 0. The van der Waals surface area contributed by atoms with Gasteiger partial charge in [0.2, 0.25) is 6.41 Å². The lowest BCUT2D eigenvalue weighted by atomic mass is 10.1. The van der Waals surface area contributed by atoms with E-state index in [2.05, 4.69) is 21.5 Å². The van der Waals surface area contributed by atoms with Crippen LogP contribution in [-0.4, -0.2) is 18.4 Å². The first kappa shape index (κ1) is 19.5. The number of amides is 1. The zero-order chi connectivity index (χ0) is 19.2. The van der Waals surface area contributed by atoms with Crippen molar-refractivity contribution in [2.75, 3.05) is 12.1 Å². The predicted octanol–water partition coefficient (Wildman–Crippen LogP) is 2.09. The molecule has 1 amide bonds. The molecule has 26 heavy (non-hydrogen) atoms. The molecule has 0 atom stereocenters. The van der Waals surface area contributed by atoms with Gasteiger partial charge in [-0.2, -0.15) is 24.2 Å². The van der Waals surface area contributed by atoms with Crippen molar-refractivity contribution in [2.24, 2.45) is 0 Å². The van der Waals surface area contributed by atoms with E-state index in [4.69, 9.17) is 4.74 Å². The number of nitrogens with zero attached hydrogens (tertiary/aromatic N) is 2. The van der Waals surface area contributed by atoms with Crippen molar-refractivity contribution >= 4 is 12.1 Å². The third-order valence-corrected chi connectivity index (χ3v) is 3.54. The number of halogens is 3. The van der Waals surface area contributed by atoms with Crippen LogP contribution in [0, 0.1) is 6.92 Å². The van der Waals surface area contributed by atoms with Gasteiger partial charge >= 0.3 is 6.18 Å². The second-order valence-electron chi connectivity index (χ2n) is 5.29. The van der Waals surface area contributed by atoms with Crippen molar-refractivity contribution in [1.82, 2.24) is 21.5 Å². The summed E-state index contributed by atoms with van der Waals surface area (Å²) in [5.41, 5.74) is 7.10. The molecule has 3 N–H and O–H groups in total. The zero-order valence-corrected chi connectivity index (χ0v) is 14.1. The van der Waals surface area contributed by atoms with Crippen molar-refractivity contribution in [2.45, 2.75) is 19.7 Å². The maximum Gasteiger partial charge on any atom is 0.416 e. The minimum absolute atomic E-state index is 0.0637. The largest absolute Gasteiger partial charge is 0.487 e. The number of aromatic nitrogens is 1. The Balaban J connectivity index is 2.33. The molecule has 1 aromatic heterocycles. The molecular formula is C16H18F3N5O2. The van der Waals surface area contributed by atoms with Crippen LogP contribution < -0.4 is 26.2 Å². The van der Waals surface area contributed by atoms with Crippen molar-refractivity contribution in [3.8, 4) is 5.75 Å². The van der Waals surface area contributed by atoms with Gasteiger partial charge in [0.1, 0.15) is 12.4 Å². The third-order valence-electron chi connectivity index (χ3n) is 3.54. The number of carbonyl (C=O) groups is 1. The summed E-state index contributed by atoms with van der Waals surface area (Å²) in [6, 6.07) is 5.49. The first-order valence-corrected chi connectivity index (χ1v) is 7.50. The molecule has 0 aliphatic rings. The van der Waals surface area contributed by atoms with Crippen molar-refractivity contribution in [3.63, 3.8) is 0 Å². The minimum Gasteiger partial charge on any atom is -0.487 e. The Morgan fingerprint density at radius 3 is 2.73 bits per heavy atom. The normalized spacial score (nSPS) is 11.1. The highest BCUT2D eigenvalue weighted by atomic mass is 19.4. The number of anilines is 1. The Kier molecular flexibility index (Phi) is 6.36. The Morgan fingerprint density at radius 1 is 1.31 bits per heavy atom. The van der Waals surface area contributed by atoms with Gasteiger partial charge in [0.05, 0.1) is 17.4 Å². The predicted molar refractivity (Wildman–Crippen MR) is 88.6 cm³/mol. The molecule has 0 radical (unpaired) electrons. The van der Waals surface area contributed by atoms with E-state index in [-0.39, 0.29) is 17.9 Å². The van der Waals surface area contributed by atoms with Crippen LogP contribution in [0.5, 0.6) is 5.75 Å². The molecule has 0 bridgehead atoms. The first-order valence-electron chi connectivity index (χ1n) is 7.50. The molecule has 7 nitrogen and oxygen atoms in total. The fourth-order valence-corrected chi connectivity index (χ4v) is 2.26. The van der Waals surface area contributed by atoms with E-state index in [1.165, 1.54) is 30.4 Å². The monoisotopic (exact) mass is 369 g/mol. The lowest BCUT2D eigenvalue weighted by Crippen LogP contribution is -2.51. The van der Waals surface area contributed by atoms with Crippen molar-refractivity contribution in [3.05, 3.63) is 53.3 Å². The average Bonchev–Trinajstić information content (AvgIpc) is 2.60. The number of hydrogen-bond donors (Lipinski definition) is 3. The number of aryl methyl sites for hydroxylation is 1. The summed E-state index contributed by atoms with van der Waals surface area (Å²) in [7, 11) is 1.49. The number of hydrazine groups is 3. The topological polar surface area (TPSA) is 78.5 Å². The van der Waals surface area contributed by atoms with Gasteiger partial charge in [0, 0.05) is 18.8 Å². The van der Waals surface area contributed by atoms with Gasteiger partial charge in [-0.15, -0.1) is 0 Å². The van der Waals surface area contributed by atoms with Gasteiger partial charge in [0.15, 0.2) is 0 Å². The highest BCUT2D eigenvalue weighted by Gasteiger charge is 2.35. The van der Waals surface area contributed by atoms with E-state index >= 15 is 0 Å². The van der Waals surface area contributed by atoms with Crippen LogP contribution in [0.3, 0.4) is 0 Å². The van der Waals surface area contributed by atoms with Gasteiger partial charge < -0.3 is 4.74 Å². The van der Waals surface area contributed by atoms with Gasteiger partial charge in [-0.25, -0.2) is 0 Å². The lowest BCUT2D eigenvalue weighted by molar-refractivity contribution is -0.138. The lowest BCUT2D eigenvalue weighted by Gasteiger charge is -2.25. The molecule has 0 spiro atoms. The number of alkyl halides is 3. The third kappa shape index (κ3) is 4.83. The first-order chi connectivity index (χ1) is 12.3. The fraction of sp³-hybridized carbons (Fsp3) is 0.250. The smallest absolute Gasteiger partial charge is 0.416 e. The van der Waals surface area contributed by atoms with Gasteiger partial charge in [0.25, 0.3) is 0 Å². The van der Waals surface area contributed by atoms with Crippen LogP contribution in [0.2, 0.25) is 0 Å². The van der Waals surface area contributed by atoms with Crippen LogP contribution in [0.15, 0.2) is 36.7 Å². The molecule has 0 fully saturated rings. The van der Waals surface area contributed by atoms with Crippen LogP contribution in [0.4, 0.5) is 18.9 Å². The average molecular weight is 369 g/mol. The van der Waals surface area contributed by atoms with Crippen molar-refractivity contribution in [1.29, 1.82) is 0 Å². The molecule has 1 heterocycles. The fourth-order valence-electron chi connectivity index (χ4n) is 2.26. The summed E-state index contributed by atoms with van der Waals surface area (Å²) in [5, 5.41) is 1.29. The Bertz CT molecular complexity index is 755. The number of carbonyl (C=O) groups excluding carboxylic acids is 1. The number of benzene rings is 1. The van der Waals surface area contributed by atoms with Crippen LogP contribution in [0.1, 0.15) is 16.7 Å². The summed E-state index contributed by atoms with van der Waals surface area (Å²) in [6.07, 6.45) is -1.15. The van der Waals surface area contributed by atoms with Crippen molar-refractivity contribution < 1.29 is 22.7 Å². The molecule has 10 heteroatoms. The second kappa shape index (κ2) is 8.50. The Labute approximate surface area is 148 Å². The van der Waals surface area contributed by atoms with E-state index < -0.39 is 11.7 Å². The number of ether oxygens (including phenoxy) is 1. The Hall–Kier alpha value is -2.85. The number of hydrogen-bond acceptors (Lipinski definition) is 6. The van der Waals surface area contributed by atoms with Gasteiger partial charge in [-0.3, -0.25) is 20.2 Å². The molecule has 0 aliphatic carbocycles. The van der Waals surface area contributed by atoms with E-state index in [0.717, 1.165) is 11.6 Å². The molecule has 2 rings (SSSR count). The summed E-state index contributed by atoms with van der Waals surface area (Å²) in [6.45, 7) is 1.46. The molecule has 0 unspecified atom stereocenters. The second-order valence-corrected chi connectivity index (χ2v) is 5.29. The molecule has 1 aromatic carbocycles. The van der Waals surface area contributed by atoms with E-state index in [9.17, 15) is 18.0 Å². The number of rotatable bonds is 8. The molecule has 2 aromatic rings. The quantitative estimate of drug-likeness (QED) is 0.376. The van der Waals surface area contributed by atoms with E-state index in [1.54, 1.807) is 19.2 Å². The summed E-state index contributed by atoms with van der Waals surface area (Å²) < 4.78 is 45.8. The minimum atomic E-state index is -4.55. The SMILES string of the molecule is Cc1ccncc1OCc1c(N(C)NNNC=O)cccc1C(F)(F)F. The standard InChI is InChI=1S/C16H18F3N5O2/c1-11-6-7-20-8-15(11)26-9-12-13(16(17,18)19)4-3-5-14(12)24(2)23-22-21-10-25/h3-8,10,22-23H,9H2,1-2H3,(H,21,25). The molecule has 0 saturated carbocycles. The number of nitrogens with one attached hydrogen (secondary N) is 3.